The summed E-state index contributed by atoms with van der Waals surface area (Å²) in [7, 11) is 0. The van der Waals surface area contributed by atoms with Gasteiger partial charge in [0, 0.05) is 19.3 Å². The smallest absolute Gasteiger partial charge is 0.306 e. The first-order chi connectivity index (χ1) is 30.9. The lowest BCUT2D eigenvalue weighted by Crippen LogP contribution is -2.30. The standard InChI is InChI=1S/C57H110O6/c1-5-8-10-12-14-16-18-19-20-21-25-29-32-36-40-44-48-55(58)61-51-54(63-57(60)50-46-42-38-34-27-17-15-13-11-9-6-2)52-62-56(59)49-45-41-37-33-30-26-23-22-24-28-31-35-39-43-47-53(4)7-3/h53-54H,5-52H2,1-4H3/t53?,54-/m1/s1. The number of rotatable bonds is 52. The van der Waals surface area contributed by atoms with Gasteiger partial charge in [-0.2, -0.15) is 0 Å². The van der Waals surface area contributed by atoms with E-state index in [0.717, 1.165) is 63.7 Å². The third-order valence-corrected chi connectivity index (χ3v) is 13.4. The Hall–Kier alpha value is -1.59. The van der Waals surface area contributed by atoms with Gasteiger partial charge in [-0.05, 0) is 25.2 Å². The van der Waals surface area contributed by atoms with Gasteiger partial charge < -0.3 is 14.2 Å². The Morgan fingerprint density at radius 3 is 0.825 bits per heavy atom. The lowest BCUT2D eigenvalue weighted by molar-refractivity contribution is -0.167. The maximum atomic E-state index is 12.8. The molecule has 63 heavy (non-hydrogen) atoms. The molecule has 6 heteroatoms. The van der Waals surface area contributed by atoms with Crippen molar-refractivity contribution in [3.63, 3.8) is 0 Å². The Morgan fingerprint density at radius 2 is 0.556 bits per heavy atom. The van der Waals surface area contributed by atoms with Crippen LogP contribution in [0.5, 0.6) is 0 Å². The predicted octanol–water partition coefficient (Wildman–Crippen LogP) is 18.6. The lowest BCUT2D eigenvalue weighted by atomic mass is 9.99. The predicted molar refractivity (Wildman–Crippen MR) is 270 cm³/mol. The summed E-state index contributed by atoms with van der Waals surface area (Å²) in [4.78, 5) is 38.1. The van der Waals surface area contributed by atoms with E-state index in [-0.39, 0.29) is 31.1 Å². The third kappa shape index (κ3) is 49.7. The summed E-state index contributed by atoms with van der Waals surface area (Å²) in [5, 5.41) is 0. The normalized spacial score (nSPS) is 12.4. The number of hydrogen-bond acceptors (Lipinski definition) is 6. The molecule has 0 aliphatic heterocycles. The first-order valence-corrected chi connectivity index (χ1v) is 28.4. The fraction of sp³-hybridized carbons (Fsp3) is 0.947. The Balaban J connectivity index is 4.25. The average Bonchev–Trinajstić information content (AvgIpc) is 3.28. The van der Waals surface area contributed by atoms with Gasteiger partial charge in [-0.3, -0.25) is 14.4 Å². The number of esters is 3. The third-order valence-electron chi connectivity index (χ3n) is 13.4. The van der Waals surface area contributed by atoms with Crippen LogP contribution in [0.4, 0.5) is 0 Å². The van der Waals surface area contributed by atoms with Gasteiger partial charge in [0.1, 0.15) is 13.2 Å². The van der Waals surface area contributed by atoms with Gasteiger partial charge >= 0.3 is 17.9 Å². The zero-order chi connectivity index (χ0) is 45.9. The van der Waals surface area contributed by atoms with E-state index in [1.54, 1.807) is 0 Å². The molecule has 0 aromatic carbocycles. The zero-order valence-corrected chi connectivity index (χ0v) is 43.0. The maximum absolute atomic E-state index is 12.8. The van der Waals surface area contributed by atoms with Crippen LogP contribution in [0.3, 0.4) is 0 Å². The summed E-state index contributed by atoms with van der Waals surface area (Å²) in [6, 6.07) is 0. The minimum absolute atomic E-state index is 0.0620. The number of hydrogen-bond donors (Lipinski definition) is 0. The Bertz CT molecular complexity index is 951. The van der Waals surface area contributed by atoms with Crippen LogP contribution in [0.2, 0.25) is 0 Å². The molecule has 0 bridgehead atoms. The largest absolute Gasteiger partial charge is 0.462 e. The number of carbonyl (C=O) groups is 3. The molecule has 0 spiro atoms. The quantitative estimate of drug-likeness (QED) is 0.0344. The molecule has 0 amide bonds. The van der Waals surface area contributed by atoms with Gasteiger partial charge in [0.25, 0.3) is 0 Å². The van der Waals surface area contributed by atoms with Crippen LogP contribution >= 0.6 is 0 Å². The Morgan fingerprint density at radius 1 is 0.317 bits per heavy atom. The van der Waals surface area contributed by atoms with Crippen molar-refractivity contribution in [2.45, 2.75) is 329 Å². The average molecular weight is 892 g/mol. The van der Waals surface area contributed by atoms with Crippen LogP contribution < -0.4 is 0 Å². The van der Waals surface area contributed by atoms with E-state index in [2.05, 4.69) is 27.7 Å². The molecule has 2 atom stereocenters. The molecule has 0 aromatic rings. The summed E-state index contributed by atoms with van der Waals surface area (Å²) in [6.07, 6.45) is 55.1. The molecule has 0 saturated carbocycles. The van der Waals surface area contributed by atoms with Crippen molar-refractivity contribution in [1.29, 1.82) is 0 Å². The van der Waals surface area contributed by atoms with Crippen molar-refractivity contribution in [2.75, 3.05) is 13.2 Å². The fourth-order valence-electron chi connectivity index (χ4n) is 8.72. The number of unbranched alkanes of at least 4 members (excludes halogenated alkanes) is 38. The molecule has 0 N–H and O–H groups in total. The van der Waals surface area contributed by atoms with E-state index in [1.165, 1.54) is 218 Å². The van der Waals surface area contributed by atoms with E-state index < -0.39 is 6.10 Å². The number of ether oxygens (including phenoxy) is 3. The SMILES string of the molecule is CCCCCCCCCCCCCCCCCCC(=O)OC[C@H](COC(=O)CCCCCCCCCCCCCCCCC(C)CC)OC(=O)CCCCCCCCCCCCC. The van der Waals surface area contributed by atoms with Crippen LogP contribution in [0, 0.1) is 5.92 Å². The molecular formula is C57H110O6. The van der Waals surface area contributed by atoms with Crippen molar-refractivity contribution in [3.8, 4) is 0 Å². The van der Waals surface area contributed by atoms with Crippen LogP contribution in [0.15, 0.2) is 0 Å². The molecule has 374 valence electrons. The van der Waals surface area contributed by atoms with Crippen molar-refractivity contribution in [1.82, 2.24) is 0 Å². The Labute approximate surface area is 393 Å². The Kier molecular flexibility index (Phi) is 50.1. The van der Waals surface area contributed by atoms with Crippen LogP contribution in [0.25, 0.3) is 0 Å². The summed E-state index contributed by atoms with van der Waals surface area (Å²) >= 11 is 0. The van der Waals surface area contributed by atoms with Crippen LogP contribution in [0.1, 0.15) is 323 Å². The molecule has 0 rings (SSSR count). The minimum atomic E-state index is -0.761. The fourth-order valence-corrected chi connectivity index (χ4v) is 8.72. The number of carbonyl (C=O) groups excluding carboxylic acids is 3. The van der Waals surface area contributed by atoms with Crippen LogP contribution in [-0.4, -0.2) is 37.2 Å². The zero-order valence-electron chi connectivity index (χ0n) is 43.0. The van der Waals surface area contributed by atoms with Crippen LogP contribution in [-0.2, 0) is 28.6 Å². The van der Waals surface area contributed by atoms with Crippen molar-refractivity contribution in [3.05, 3.63) is 0 Å². The molecule has 0 saturated heterocycles. The highest BCUT2D eigenvalue weighted by Gasteiger charge is 2.19. The molecule has 0 aliphatic carbocycles. The molecule has 1 unspecified atom stereocenters. The van der Waals surface area contributed by atoms with E-state index >= 15 is 0 Å². The molecule has 0 heterocycles. The topological polar surface area (TPSA) is 78.9 Å². The van der Waals surface area contributed by atoms with Crippen molar-refractivity contribution in [2.24, 2.45) is 5.92 Å². The highest BCUT2D eigenvalue weighted by molar-refractivity contribution is 5.71. The van der Waals surface area contributed by atoms with E-state index in [0.29, 0.717) is 19.3 Å². The highest BCUT2D eigenvalue weighted by Crippen LogP contribution is 2.18. The van der Waals surface area contributed by atoms with E-state index in [9.17, 15) is 14.4 Å². The van der Waals surface area contributed by atoms with E-state index in [4.69, 9.17) is 14.2 Å². The highest BCUT2D eigenvalue weighted by atomic mass is 16.6. The summed E-state index contributed by atoms with van der Waals surface area (Å²) < 4.78 is 16.9. The minimum Gasteiger partial charge on any atom is -0.462 e. The summed E-state index contributed by atoms with van der Waals surface area (Å²) in [5.41, 5.74) is 0. The maximum Gasteiger partial charge on any atom is 0.306 e. The molecule has 6 nitrogen and oxygen atoms in total. The first-order valence-electron chi connectivity index (χ1n) is 28.4. The second-order valence-corrected chi connectivity index (χ2v) is 19.8. The molecular weight excluding hydrogens is 781 g/mol. The van der Waals surface area contributed by atoms with Gasteiger partial charge in [-0.15, -0.1) is 0 Å². The monoisotopic (exact) mass is 891 g/mol. The van der Waals surface area contributed by atoms with Crippen molar-refractivity contribution < 1.29 is 28.6 Å². The van der Waals surface area contributed by atoms with E-state index in [1.807, 2.05) is 0 Å². The molecule has 0 radical (unpaired) electrons. The summed E-state index contributed by atoms with van der Waals surface area (Å²) in [5.74, 6) is 0.0581. The second-order valence-electron chi connectivity index (χ2n) is 19.8. The second kappa shape index (κ2) is 51.4. The molecule has 0 fully saturated rings. The first kappa shape index (κ1) is 61.4. The lowest BCUT2D eigenvalue weighted by Gasteiger charge is -2.18. The summed E-state index contributed by atoms with van der Waals surface area (Å²) in [6.45, 7) is 9.09. The van der Waals surface area contributed by atoms with Gasteiger partial charge in [-0.1, -0.05) is 285 Å². The van der Waals surface area contributed by atoms with Gasteiger partial charge in [-0.25, -0.2) is 0 Å². The van der Waals surface area contributed by atoms with Gasteiger partial charge in [0.2, 0.25) is 0 Å². The molecule has 0 aliphatic rings. The molecule has 0 aromatic heterocycles. The van der Waals surface area contributed by atoms with Crippen molar-refractivity contribution >= 4 is 17.9 Å². The van der Waals surface area contributed by atoms with Gasteiger partial charge in [0.05, 0.1) is 0 Å². The van der Waals surface area contributed by atoms with Gasteiger partial charge in [0.15, 0.2) is 6.10 Å².